The van der Waals surface area contributed by atoms with Gasteiger partial charge >= 0.3 is 0 Å². The van der Waals surface area contributed by atoms with E-state index in [9.17, 15) is 0 Å². The predicted octanol–water partition coefficient (Wildman–Crippen LogP) is 4.24. The molecule has 0 N–H and O–H groups in total. The fourth-order valence-electron chi connectivity index (χ4n) is 2.88. The van der Waals surface area contributed by atoms with Crippen LogP contribution in [0.15, 0.2) is 42.5 Å². The molecule has 0 saturated carbocycles. The molecule has 0 bridgehead atoms. The SMILES string of the molecule is Cc1cccc(-c2nc3c(c(-c4ccc(Cl)cc4)n2)CCOC3)n1. The number of halogens is 1. The maximum absolute atomic E-state index is 6.02. The first kappa shape index (κ1) is 15.2. The summed E-state index contributed by atoms with van der Waals surface area (Å²) in [6, 6.07) is 13.6. The number of hydrogen-bond donors (Lipinski definition) is 0. The summed E-state index contributed by atoms with van der Waals surface area (Å²) >= 11 is 6.02. The summed E-state index contributed by atoms with van der Waals surface area (Å²) in [7, 11) is 0. The average Bonchev–Trinajstić information content (AvgIpc) is 2.61. The second-order valence-electron chi connectivity index (χ2n) is 5.79. The van der Waals surface area contributed by atoms with Crippen LogP contribution < -0.4 is 0 Å². The van der Waals surface area contributed by atoms with E-state index in [1.165, 1.54) is 0 Å². The summed E-state index contributed by atoms with van der Waals surface area (Å²) in [6.07, 6.45) is 0.814. The van der Waals surface area contributed by atoms with E-state index in [-0.39, 0.29) is 0 Å². The molecule has 1 aromatic carbocycles. The number of pyridine rings is 1. The minimum atomic E-state index is 0.511. The Bertz CT molecular complexity index is 894. The smallest absolute Gasteiger partial charge is 0.179 e. The zero-order chi connectivity index (χ0) is 16.5. The standard InChI is InChI=1S/C19H16ClN3O/c1-12-3-2-4-16(21-12)19-22-17-11-24-10-9-15(17)18(23-19)13-5-7-14(20)8-6-13/h2-8H,9-11H2,1H3. The number of fused-ring (bicyclic) bond motifs is 1. The van der Waals surface area contributed by atoms with Crippen LogP contribution in [0.2, 0.25) is 5.02 Å². The fraction of sp³-hybridized carbons (Fsp3) is 0.211. The monoisotopic (exact) mass is 337 g/mol. The van der Waals surface area contributed by atoms with Crippen molar-refractivity contribution >= 4 is 11.6 Å². The zero-order valence-corrected chi connectivity index (χ0v) is 14.0. The van der Waals surface area contributed by atoms with E-state index in [0.717, 1.165) is 40.3 Å². The van der Waals surface area contributed by atoms with E-state index in [4.69, 9.17) is 26.3 Å². The summed E-state index contributed by atoms with van der Waals surface area (Å²) in [4.78, 5) is 14.1. The summed E-state index contributed by atoms with van der Waals surface area (Å²) in [5.74, 6) is 0.632. The molecule has 1 aliphatic rings. The van der Waals surface area contributed by atoms with Crippen LogP contribution in [0.5, 0.6) is 0 Å². The van der Waals surface area contributed by atoms with Gasteiger partial charge in [-0.2, -0.15) is 0 Å². The Hall–Kier alpha value is -2.30. The topological polar surface area (TPSA) is 47.9 Å². The van der Waals surface area contributed by atoms with Crippen molar-refractivity contribution in [1.82, 2.24) is 15.0 Å². The second kappa shape index (κ2) is 6.30. The first-order valence-corrected chi connectivity index (χ1v) is 8.26. The summed E-state index contributed by atoms with van der Waals surface area (Å²) in [5.41, 5.74) is 5.79. The number of nitrogens with zero attached hydrogens (tertiary/aromatic N) is 3. The highest BCUT2D eigenvalue weighted by Crippen LogP contribution is 2.30. The lowest BCUT2D eigenvalue weighted by Gasteiger charge is -2.19. The molecule has 5 heteroatoms. The fourth-order valence-corrected chi connectivity index (χ4v) is 3.01. The Morgan fingerprint density at radius 2 is 1.83 bits per heavy atom. The average molecular weight is 338 g/mol. The van der Waals surface area contributed by atoms with Crippen LogP contribution in [0.4, 0.5) is 0 Å². The van der Waals surface area contributed by atoms with Crippen molar-refractivity contribution in [3.8, 4) is 22.8 Å². The van der Waals surface area contributed by atoms with E-state index in [0.29, 0.717) is 24.1 Å². The van der Waals surface area contributed by atoms with Gasteiger partial charge in [0.05, 0.1) is 24.6 Å². The second-order valence-corrected chi connectivity index (χ2v) is 6.23. The van der Waals surface area contributed by atoms with Gasteiger partial charge in [0.2, 0.25) is 0 Å². The number of rotatable bonds is 2. The molecule has 24 heavy (non-hydrogen) atoms. The number of aromatic nitrogens is 3. The molecule has 0 amide bonds. The molecule has 0 fully saturated rings. The van der Waals surface area contributed by atoms with Crippen molar-refractivity contribution in [2.45, 2.75) is 20.0 Å². The van der Waals surface area contributed by atoms with Crippen LogP contribution in [-0.4, -0.2) is 21.6 Å². The Labute approximate surface area is 145 Å². The van der Waals surface area contributed by atoms with Gasteiger partial charge in [0.25, 0.3) is 0 Å². The Morgan fingerprint density at radius 1 is 1.00 bits per heavy atom. The number of ether oxygens (including phenoxy) is 1. The Morgan fingerprint density at radius 3 is 2.62 bits per heavy atom. The third-order valence-corrected chi connectivity index (χ3v) is 4.31. The van der Waals surface area contributed by atoms with E-state index >= 15 is 0 Å². The minimum Gasteiger partial charge on any atom is -0.375 e. The molecule has 3 aromatic rings. The summed E-state index contributed by atoms with van der Waals surface area (Å²) in [5, 5.41) is 0.714. The van der Waals surface area contributed by atoms with Crippen LogP contribution >= 0.6 is 11.6 Å². The van der Waals surface area contributed by atoms with Gasteiger partial charge in [-0.15, -0.1) is 0 Å². The highest BCUT2D eigenvalue weighted by atomic mass is 35.5. The van der Waals surface area contributed by atoms with Gasteiger partial charge in [-0.3, -0.25) is 0 Å². The van der Waals surface area contributed by atoms with Crippen molar-refractivity contribution in [2.75, 3.05) is 6.61 Å². The summed E-state index contributed by atoms with van der Waals surface area (Å²) in [6.45, 7) is 3.17. The number of benzene rings is 1. The molecule has 120 valence electrons. The van der Waals surface area contributed by atoms with Gasteiger partial charge < -0.3 is 4.74 Å². The molecule has 2 aromatic heterocycles. The third-order valence-electron chi connectivity index (χ3n) is 4.06. The highest BCUT2D eigenvalue weighted by molar-refractivity contribution is 6.30. The molecule has 0 spiro atoms. The number of hydrogen-bond acceptors (Lipinski definition) is 4. The maximum Gasteiger partial charge on any atom is 0.179 e. The van der Waals surface area contributed by atoms with Gasteiger partial charge in [-0.25, -0.2) is 15.0 Å². The van der Waals surface area contributed by atoms with Gasteiger partial charge in [0, 0.05) is 21.8 Å². The normalized spacial score (nSPS) is 13.6. The van der Waals surface area contributed by atoms with Crippen molar-refractivity contribution in [3.63, 3.8) is 0 Å². The van der Waals surface area contributed by atoms with E-state index in [1.807, 2.05) is 49.4 Å². The van der Waals surface area contributed by atoms with Gasteiger partial charge in [0.1, 0.15) is 5.69 Å². The quantitative estimate of drug-likeness (QED) is 0.701. The molecule has 4 rings (SSSR count). The largest absolute Gasteiger partial charge is 0.375 e. The van der Waals surface area contributed by atoms with Crippen molar-refractivity contribution in [1.29, 1.82) is 0 Å². The zero-order valence-electron chi connectivity index (χ0n) is 13.3. The van der Waals surface area contributed by atoms with Crippen LogP contribution in [-0.2, 0) is 17.8 Å². The molecule has 0 saturated heterocycles. The lowest BCUT2D eigenvalue weighted by atomic mass is 10.0. The molecule has 0 unspecified atom stereocenters. The van der Waals surface area contributed by atoms with Gasteiger partial charge in [-0.05, 0) is 37.6 Å². The first-order chi connectivity index (χ1) is 11.7. The van der Waals surface area contributed by atoms with Gasteiger partial charge in [0.15, 0.2) is 5.82 Å². The molecular formula is C19H16ClN3O. The maximum atomic E-state index is 6.02. The first-order valence-electron chi connectivity index (χ1n) is 7.88. The van der Waals surface area contributed by atoms with Crippen LogP contribution in [0.25, 0.3) is 22.8 Å². The molecule has 4 nitrogen and oxygen atoms in total. The van der Waals surface area contributed by atoms with Crippen molar-refractivity contribution in [3.05, 3.63) is 64.4 Å². The van der Waals surface area contributed by atoms with Crippen LogP contribution in [0, 0.1) is 6.92 Å². The highest BCUT2D eigenvalue weighted by Gasteiger charge is 2.20. The Balaban J connectivity index is 1.91. The lowest BCUT2D eigenvalue weighted by molar-refractivity contribution is 0.107. The molecule has 1 aliphatic heterocycles. The molecule has 3 heterocycles. The molecular weight excluding hydrogens is 322 g/mol. The van der Waals surface area contributed by atoms with Crippen LogP contribution in [0.1, 0.15) is 17.0 Å². The summed E-state index contributed by atoms with van der Waals surface area (Å²) < 4.78 is 5.59. The lowest BCUT2D eigenvalue weighted by Crippen LogP contribution is -2.15. The third kappa shape index (κ3) is 2.90. The number of aryl methyl sites for hydroxylation is 1. The molecule has 0 radical (unpaired) electrons. The molecule has 0 atom stereocenters. The molecule has 0 aliphatic carbocycles. The Kier molecular flexibility index (Phi) is 4.00. The minimum absolute atomic E-state index is 0.511. The van der Waals surface area contributed by atoms with E-state index in [2.05, 4.69) is 4.98 Å². The van der Waals surface area contributed by atoms with Crippen molar-refractivity contribution < 1.29 is 4.74 Å². The van der Waals surface area contributed by atoms with Gasteiger partial charge in [-0.1, -0.05) is 29.8 Å². The van der Waals surface area contributed by atoms with Crippen LogP contribution in [0.3, 0.4) is 0 Å². The van der Waals surface area contributed by atoms with Crippen molar-refractivity contribution in [2.24, 2.45) is 0 Å². The van der Waals surface area contributed by atoms with E-state index in [1.54, 1.807) is 0 Å². The van der Waals surface area contributed by atoms with E-state index < -0.39 is 0 Å². The predicted molar refractivity (Wildman–Crippen MR) is 93.8 cm³/mol.